The summed E-state index contributed by atoms with van der Waals surface area (Å²) >= 11 is 0. The molecule has 0 saturated heterocycles. The molecule has 1 fully saturated rings. The minimum absolute atomic E-state index is 0.221. The summed E-state index contributed by atoms with van der Waals surface area (Å²) in [6, 6.07) is 0. The number of fused-ring (bicyclic) bond motifs is 1. The van der Waals surface area contributed by atoms with Crippen LogP contribution in [0.5, 0.6) is 0 Å². The van der Waals surface area contributed by atoms with Crippen molar-refractivity contribution in [3.8, 4) is 0 Å². The van der Waals surface area contributed by atoms with Gasteiger partial charge in [-0.3, -0.25) is 4.79 Å². The first-order valence-corrected chi connectivity index (χ1v) is 10.1. The molecule has 0 spiro atoms. The van der Waals surface area contributed by atoms with Crippen LogP contribution in [0.2, 0.25) is 0 Å². The van der Waals surface area contributed by atoms with Crippen LogP contribution < -0.4 is 5.32 Å². The molecule has 1 aromatic rings. The van der Waals surface area contributed by atoms with E-state index in [9.17, 15) is 4.79 Å². The lowest BCUT2D eigenvalue weighted by Crippen LogP contribution is -2.35. The van der Waals surface area contributed by atoms with Gasteiger partial charge in [-0.2, -0.15) is 0 Å². The molecular formula is C19H33N5O. The number of rotatable bonds is 8. The van der Waals surface area contributed by atoms with Gasteiger partial charge in [0.2, 0.25) is 5.91 Å². The number of nitrogens with zero attached hydrogens (tertiary/aromatic N) is 4. The summed E-state index contributed by atoms with van der Waals surface area (Å²) in [4.78, 5) is 14.5. The number of carbonyl (C=O) groups is 1. The summed E-state index contributed by atoms with van der Waals surface area (Å²) in [7, 11) is 0. The average molecular weight is 348 g/mol. The number of hydrogen-bond donors (Lipinski definition) is 1. The number of nitrogens with one attached hydrogen (secondary N) is 1. The molecule has 0 bridgehead atoms. The van der Waals surface area contributed by atoms with E-state index in [4.69, 9.17) is 0 Å². The van der Waals surface area contributed by atoms with E-state index in [2.05, 4.69) is 38.8 Å². The van der Waals surface area contributed by atoms with Crippen LogP contribution in [0, 0.1) is 11.8 Å². The van der Waals surface area contributed by atoms with E-state index < -0.39 is 0 Å². The van der Waals surface area contributed by atoms with Crippen LogP contribution in [0.4, 0.5) is 0 Å². The van der Waals surface area contributed by atoms with Crippen molar-refractivity contribution in [3.05, 3.63) is 11.6 Å². The van der Waals surface area contributed by atoms with E-state index in [1.54, 1.807) is 0 Å². The summed E-state index contributed by atoms with van der Waals surface area (Å²) in [5.41, 5.74) is 0. The summed E-state index contributed by atoms with van der Waals surface area (Å²) in [6.07, 6.45) is 7.57. The zero-order valence-electron chi connectivity index (χ0n) is 15.8. The quantitative estimate of drug-likeness (QED) is 0.781. The fourth-order valence-electron chi connectivity index (χ4n) is 3.82. The molecular weight excluding hydrogens is 314 g/mol. The summed E-state index contributed by atoms with van der Waals surface area (Å²) in [6.45, 7) is 9.56. The van der Waals surface area contributed by atoms with Gasteiger partial charge in [-0.1, -0.05) is 33.1 Å². The Morgan fingerprint density at radius 2 is 2.00 bits per heavy atom. The smallest absolute Gasteiger partial charge is 0.223 e. The first-order valence-electron chi connectivity index (χ1n) is 10.1. The summed E-state index contributed by atoms with van der Waals surface area (Å²) in [5.74, 6) is 3.40. The molecule has 3 rings (SSSR count). The second kappa shape index (κ2) is 8.79. The van der Waals surface area contributed by atoms with Gasteiger partial charge < -0.3 is 14.8 Å². The molecule has 1 aromatic heterocycles. The molecule has 1 aliphatic carbocycles. The molecule has 0 radical (unpaired) electrons. The van der Waals surface area contributed by atoms with Crippen molar-refractivity contribution in [2.24, 2.45) is 11.8 Å². The lowest BCUT2D eigenvalue weighted by molar-refractivity contribution is -0.127. The topological polar surface area (TPSA) is 63.1 Å². The van der Waals surface area contributed by atoms with Gasteiger partial charge >= 0.3 is 0 Å². The Labute approximate surface area is 151 Å². The van der Waals surface area contributed by atoms with Gasteiger partial charge in [0.05, 0.1) is 0 Å². The van der Waals surface area contributed by atoms with Crippen molar-refractivity contribution >= 4 is 5.91 Å². The van der Waals surface area contributed by atoms with Crippen LogP contribution in [0.3, 0.4) is 0 Å². The Morgan fingerprint density at radius 1 is 1.20 bits per heavy atom. The lowest BCUT2D eigenvalue weighted by atomic mass is 9.85. The fourth-order valence-corrected chi connectivity index (χ4v) is 3.82. The summed E-state index contributed by atoms with van der Waals surface area (Å²) < 4.78 is 2.28. The highest BCUT2D eigenvalue weighted by Crippen LogP contribution is 2.26. The minimum atomic E-state index is 0.221. The maximum absolute atomic E-state index is 11.9. The molecule has 25 heavy (non-hydrogen) atoms. The van der Waals surface area contributed by atoms with Crippen molar-refractivity contribution < 1.29 is 4.79 Å². The van der Waals surface area contributed by atoms with E-state index in [-0.39, 0.29) is 11.8 Å². The third kappa shape index (κ3) is 4.60. The third-order valence-electron chi connectivity index (χ3n) is 5.99. The zero-order chi connectivity index (χ0) is 17.6. The Hall–Kier alpha value is -1.43. The van der Waals surface area contributed by atoms with E-state index in [0.29, 0.717) is 6.54 Å². The molecule has 1 saturated carbocycles. The van der Waals surface area contributed by atoms with E-state index in [1.807, 2.05) is 0 Å². The van der Waals surface area contributed by atoms with Crippen molar-refractivity contribution in [2.45, 2.75) is 65.3 Å². The average Bonchev–Trinajstić information content (AvgIpc) is 2.83. The van der Waals surface area contributed by atoms with Gasteiger partial charge in [0.15, 0.2) is 0 Å². The Bertz CT molecular complexity index is 562. The van der Waals surface area contributed by atoms with Crippen LogP contribution >= 0.6 is 0 Å². The molecule has 6 heteroatoms. The molecule has 0 atom stereocenters. The zero-order valence-corrected chi connectivity index (χ0v) is 15.8. The van der Waals surface area contributed by atoms with Gasteiger partial charge in [0.1, 0.15) is 11.6 Å². The lowest BCUT2D eigenvalue weighted by Gasteiger charge is -2.24. The van der Waals surface area contributed by atoms with Crippen LogP contribution in [0.1, 0.15) is 57.6 Å². The minimum Gasteiger partial charge on any atom is -0.355 e. The number of aromatic nitrogens is 3. The molecule has 0 aromatic carbocycles. The molecule has 140 valence electrons. The predicted octanol–water partition coefficient (Wildman–Crippen LogP) is 2.03. The van der Waals surface area contributed by atoms with Crippen molar-refractivity contribution in [1.29, 1.82) is 0 Å². The standard InChI is InChI=1S/C19H33N5O/c1-3-15(4-2)14-23-11-9-18-22-21-17(24(18)13-12-23)8-10-20-19(25)16-6-5-7-16/h15-16H,3-14H2,1-2H3,(H,20,25). The molecule has 6 nitrogen and oxygen atoms in total. The van der Waals surface area contributed by atoms with Gasteiger partial charge in [0.25, 0.3) is 0 Å². The van der Waals surface area contributed by atoms with E-state index in [1.165, 1.54) is 25.8 Å². The molecule has 1 N–H and O–H groups in total. The maximum atomic E-state index is 11.9. The Morgan fingerprint density at radius 3 is 2.68 bits per heavy atom. The SMILES string of the molecule is CCC(CC)CN1CCc2nnc(CCNC(=O)C3CCC3)n2CC1. The number of carbonyl (C=O) groups excluding carboxylic acids is 1. The highest BCUT2D eigenvalue weighted by Gasteiger charge is 2.25. The maximum Gasteiger partial charge on any atom is 0.223 e. The van der Waals surface area contributed by atoms with Crippen LogP contribution in [-0.4, -0.2) is 51.8 Å². The normalized spacial score (nSPS) is 18.7. The Balaban J connectivity index is 1.49. The van der Waals surface area contributed by atoms with Crippen molar-refractivity contribution in [3.63, 3.8) is 0 Å². The van der Waals surface area contributed by atoms with Crippen LogP contribution in [0.15, 0.2) is 0 Å². The number of amides is 1. The second-order valence-electron chi connectivity index (χ2n) is 7.59. The van der Waals surface area contributed by atoms with Gasteiger partial charge in [-0.15, -0.1) is 10.2 Å². The van der Waals surface area contributed by atoms with Gasteiger partial charge in [-0.25, -0.2) is 0 Å². The monoisotopic (exact) mass is 347 g/mol. The Kier molecular flexibility index (Phi) is 6.45. The van der Waals surface area contributed by atoms with Crippen molar-refractivity contribution in [2.75, 3.05) is 26.2 Å². The van der Waals surface area contributed by atoms with Crippen LogP contribution in [-0.2, 0) is 24.2 Å². The molecule has 1 aliphatic heterocycles. The largest absolute Gasteiger partial charge is 0.355 e. The number of hydrogen-bond acceptors (Lipinski definition) is 4. The van der Waals surface area contributed by atoms with E-state index >= 15 is 0 Å². The molecule has 1 amide bonds. The molecule has 2 heterocycles. The second-order valence-corrected chi connectivity index (χ2v) is 7.59. The first kappa shape index (κ1) is 18.4. The highest BCUT2D eigenvalue weighted by molar-refractivity contribution is 5.79. The van der Waals surface area contributed by atoms with E-state index in [0.717, 1.165) is 62.9 Å². The van der Waals surface area contributed by atoms with Crippen LogP contribution in [0.25, 0.3) is 0 Å². The summed E-state index contributed by atoms with van der Waals surface area (Å²) in [5, 5.41) is 11.8. The van der Waals surface area contributed by atoms with Gasteiger partial charge in [-0.05, 0) is 18.8 Å². The molecule has 0 unspecified atom stereocenters. The van der Waals surface area contributed by atoms with Gasteiger partial charge in [0, 0.05) is 51.5 Å². The fraction of sp³-hybridized carbons (Fsp3) is 0.842. The highest BCUT2D eigenvalue weighted by atomic mass is 16.1. The van der Waals surface area contributed by atoms with Crippen molar-refractivity contribution in [1.82, 2.24) is 25.0 Å². The first-order chi connectivity index (χ1) is 12.2. The third-order valence-corrected chi connectivity index (χ3v) is 5.99. The molecule has 2 aliphatic rings. The predicted molar refractivity (Wildman–Crippen MR) is 98.3 cm³/mol.